The van der Waals surface area contributed by atoms with Gasteiger partial charge in [-0.15, -0.1) is 0 Å². The molecule has 0 aliphatic carbocycles. The molecule has 0 spiro atoms. The molecule has 3 aromatic heterocycles. The number of carbonyl (C=O) groups excluding carboxylic acids is 1. The number of H-pyrrole nitrogens is 1. The highest BCUT2D eigenvalue weighted by Crippen LogP contribution is 2.30. The first kappa shape index (κ1) is 19.3. The Kier molecular flexibility index (Phi) is 5.39. The highest BCUT2D eigenvalue weighted by atomic mass is 32.1. The van der Waals surface area contributed by atoms with Gasteiger partial charge in [-0.05, 0) is 43.7 Å². The van der Waals surface area contributed by atoms with Crippen LogP contribution in [-0.2, 0) is 11.3 Å². The maximum atomic E-state index is 13.0. The molecule has 9 heteroatoms. The largest absolute Gasteiger partial charge is 0.331 e. The highest BCUT2D eigenvalue weighted by Gasteiger charge is 2.30. The van der Waals surface area contributed by atoms with Crippen LogP contribution in [0.1, 0.15) is 36.8 Å². The van der Waals surface area contributed by atoms with Gasteiger partial charge in [0, 0.05) is 29.6 Å². The average Bonchev–Trinajstić information content (AvgIpc) is 3.25. The van der Waals surface area contributed by atoms with Crippen LogP contribution in [0.2, 0.25) is 0 Å². The van der Waals surface area contributed by atoms with Crippen LogP contribution in [0.15, 0.2) is 44.6 Å². The SMILES string of the molecule is Cc1ccc(=O)n(CC(=O)N2CCCC[C@@H]2c2nc(-c3ccsc3)cc(=O)[nH]2)n1. The first-order valence-corrected chi connectivity index (χ1v) is 10.4. The minimum atomic E-state index is -0.331. The molecule has 0 aromatic carbocycles. The Morgan fingerprint density at radius 1 is 1.28 bits per heavy atom. The van der Waals surface area contributed by atoms with E-state index in [9.17, 15) is 14.4 Å². The van der Waals surface area contributed by atoms with E-state index in [0.717, 1.165) is 18.4 Å². The van der Waals surface area contributed by atoms with Gasteiger partial charge < -0.3 is 9.88 Å². The van der Waals surface area contributed by atoms with E-state index in [-0.39, 0.29) is 29.6 Å². The summed E-state index contributed by atoms with van der Waals surface area (Å²) in [5, 5.41) is 8.02. The van der Waals surface area contributed by atoms with Crippen molar-refractivity contribution in [3.63, 3.8) is 0 Å². The van der Waals surface area contributed by atoms with Crippen molar-refractivity contribution >= 4 is 17.2 Å². The number of carbonyl (C=O) groups is 1. The van der Waals surface area contributed by atoms with Gasteiger partial charge in [0.1, 0.15) is 12.4 Å². The van der Waals surface area contributed by atoms with E-state index < -0.39 is 0 Å². The molecule has 0 unspecified atom stereocenters. The number of thiophene rings is 1. The second kappa shape index (κ2) is 8.12. The summed E-state index contributed by atoms with van der Waals surface area (Å²) >= 11 is 1.53. The fourth-order valence-corrected chi connectivity index (χ4v) is 4.24. The van der Waals surface area contributed by atoms with Gasteiger partial charge in [-0.25, -0.2) is 9.67 Å². The molecule has 0 saturated carbocycles. The summed E-state index contributed by atoms with van der Waals surface area (Å²) in [7, 11) is 0. The molecule has 1 saturated heterocycles. The smallest absolute Gasteiger partial charge is 0.267 e. The lowest BCUT2D eigenvalue weighted by Gasteiger charge is -2.35. The molecule has 4 heterocycles. The van der Waals surface area contributed by atoms with Gasteiger partial charge in [-0.2, -0.15) is 16.4 Å². The first-order chi connectivity index (χ1) is 14.0. The van der Waals surface area contributed by atoms with E-state index in [1.165, 1.54) is 28.2 Å². The number of nitrogens with zero attached hydrogens (tertiary/aromatic N) is 4. The van der Waals surface area contributed by atoms with Gasteiger partial charge in [0.2, 0.25) is 5.91 Å². The van der Waals surface area contributed by atoms with Crippen molar-refractivity contribution in [3.8, 4) is 11.3 Å². The van der Waals surface area contributed by atoms with Crippen molar-refractivity contribution < 1.29 is 4.79 Å². The Morgan fingerprint density at radius 2 is 2.14 bits per heavy atom. The van der Waals surface area contributed by atoms with E-state index in [2.05, 4.69) is 15.1 Å². The van der Waals surface area contributed by atoms with Gasteiger partial charge in [0.05, 0.1) is 17.4 Å². The predicted octanol–water partition coefficient (Wildman–Crippen LogP) is 2.12. The number of hydrogen-bond donors (Lipinski definition) is 1. The number of aromatic nitrogens is 4. The molecule has 0 radical (unpaired) electrons. The molecule has 1 N–H and O–H groups in total. The minimum Gasteiger partial charge on any atom is -0.331 e. The number of likely N-dealkylation sites (tertiary alicyclic amines) is 1. The molecular weight excluding hydrogens is 390 g/mol. The summed E-state index contributed by atoms with van der Waals surface area (Å²) in [6.45, 7) is 2.19. The quantitative estimate of drug-likeness (QED) is 0.709. The van der Waals surface area contributed by atoms with Crippen LogP contribution in [0.25, 0.3) is 11.3 Å². The maximum absolute atomic E-state index is 13.0. The summed E-state index contributed by atoms with van der Waals surface area (Å²) < 4.78 is 1.18. The van der Waals surface area contributed by atoms with Gasteiger partial charge in [0.25, 0.3) is 11.1 Å². The third-order valence-electron chi connectivity index (χ3n) is 5.00. The second-order valence-electron chi connectivity index (χ2n) is 7.10. The maximum Gasteiger partial charge on any atom is 0.267 e. The number of aromatic amines is 1. The fourth-order valence-electron chi connectivity index (χ4n) is 3.59. The van der Waals surface area contributed by atoms with E-state index in [1.807, 2.05) is 16.8 Å². The second-order valence-corrected chi connectivity index (χ2v) is 7.88. The number of hydrogen-bond acceptors (Lipinski definition) is 6. The molecule has 3 aromatic rings. The molecule has 1 fully saturated rings. The van der Waals surface area contributed by atoms with Gasteiger partial charge in [0.15, 0.2) is 0 Å². The summed E-state index contributed by atoms with van der Waals surface area (Å²) in [4.78, 5) is 46.5. The zero-order valence-corrected chi connectivity index (χ0v) is 16.8. The Bertz CT molecular complexity index is 1140. The fraction of sp³-hybridized carbons (Fsp3) is 0.350. The molecule has 150 valence electrons. The molecule has 1 atom stereocenters. The summed E-state index contributed by atoms with van der Waals surface area (Å²) in [5.41, 5.74) is 1.59. The molecule has 4 rings (SSSR count). The summed E-state index contributed by atoms with van der Waals surface area (Å²) in [6, 6.07) is 6.08. The van der Waals surface area contributed by atoms with Gasteiger partial charge in [-0.1, -0.05) is 0 Å². The molecule has 1 aliphatic heterocycles. The Hall–Kier alpha value is -3.07. The number of aryl methyl sites for hydroxylation is 1. The predicted molar refractivity (Wildman–Crippen MR) is 110 cm³/mol. The molecule has 1 aliphatic rings. The monoisotopic (exact) mass is 411 g/mol. The van der Waals surface area contributed by atoms with Gasteiger partial charge in [-0.3, -0.25) is 14.4 Å². The van der Waals surface area contributed by atoms with E-state index >= 15 is 0 Å². The topological polar surface area (TPSA) is 101 Å². The molecular formula is C20H21N5O3S. The van der Waals surface area contributed by atoms with Crippen molar-refractivity contribution in [2.75, 3.05) is 6.54 Å². The summed E-state index contributed by atoms with van der Waals surface area (Å²) in [6.07, 6.45) is 2.51. The first-order valence-electron chi connectivity index (χ1n) is 9.49. The lowest BCUT2D eigenvalue weighted by molar-refractivity contribution is -0.136. The average molecular weight is 411 g/mol. The van der Waals surface area contributed by atoms with E-state index in [1.54, 1.807) is 17.9 Å². The summed E-state index contributed by atoms with van der Waals surface area (Å²) in [5.74, 6) is 0.273. The van der Waals surface area contributed by atoms with Crippen molar-refractivity contribution in [1.29, 1.82) is 0 Å². The molecule has 29 heavy (non-hydrogen) atoms. The van der Waals surface area contributed by atoms with Crippen LogP contribution in [-0.4, -0.2) is 37.1 Å². The highest BCUT2D eigenvalue weighted by molar-refractivity contribution is 7.08. The van der Waals surface area contributed by atoms with Crippen LogP contribution in [0, 0.1) is 6.92 Å². The van der Waals surface area contributed by atoms with Crippen LogP contribution < -0.4 is 11.1 Å². The molecule has 0 bridgehead atoms. The number of amides is 1. The van der Waals surface area contributed by atoms with Crippen LogP contribution >= 0.6 is 11.3 Å². The van der Waals surface area contributed by atoms with E-state index in [4.69, 9.17) is 0 Å². The van der Waals surface area contributed by atoms with E-state index in [0.29, 0.717) is 30.2 Å². The Labute approximate surface area is 170 Å². The van der Waals surface area contributed by atoms with Crippen molar-refractivity contribution in [2.24, 2.45) is 0 Å². The zero-order valence-electron chi connectivity index (χ0n) is 16.0. The number of rotatable bonds is 4. The van der Waals surface area contributed by atoms with Gasteiger partial charge >= 0.3 is 0 Å². The Morgan fingerprint density at radius 3 is 2.93 bits per heavy atom. The van der Waals surface area contributed by atoms with Crippen molar-refractivity contribution in [2.45, 2.75) is 38.8 Å². The zero-order chi connectivity index (χ0) is 20.4. The molecule has 8 nitrogen and oxygen atoms in total. The normalized spacial score (nSPS) is 16.7. The standard InChI is InChI=1S/C20H21N5O3S/c1-13-5-6-18(27)25(23-13)11-19(28)24-8-3-2-4-16(24)20-21-15(10-17(26)22-20)14-7-9-29-12-14/h5-7,9-10,12,16H,2-4,8,11H2,1H3,(H,21,22,26)/t16-/m1/s1. The number of nitrogens with one attached hydrogen (secondary N) is 1. The molecule has 1 amide bonds. The van der Waals surface area contributed by atoms with Crippen molar-refractivity contribution in [3.05, 3.63) is 67.3 Å². The van der Waals surface area contributed by atoms with Crippen molar-refractivity contribution in [1.82, 2.24) is 24.6 Å². The third-order valence-corrected chi connectivity index (χ3v) is 5.68. The number of piperidine rings is 1. The Balaban J connectivity index is 1.64. The minimum absolute atomic E-state index is 0.133. The van der Waals surface area contributed by atoms with Crippen LogP contribution in [0.5, 0.6) is 0 Å². The third kappa shape index (κ3) is 4.19. The lowest BCUT2D eigenvalue weighted by atomic mass is 10.0. The lowest BCUT2D eigenvalue weighted by Crippen LogP contribution is -2.43. The van der Waals surface area contributed by atoms with Crippen LogP contribution in [0.3, 0.4) is 0 Å². The van der Waals surface area contributed by atoms with Crippen LogP contribution in [0.4, 0.5) is 0 Å².